The van der Waals surface area contributed by atoms with Gasteiger partial charge in [-0.1, -0.05) is 6.07 Å². The Balaban J connectivity index is 1.71. The fourth-order valence-corrected chi connectivity index (χ4v) is 3.23. The maximum absolute atomic E-state index is 12.7. The van der Waals surface area contributed by atoms with E-state index >= 15 is 0 Å². The highest BCUT2D eigenvalue weighted by Crippen LogP contribution is 2.30. The van der Waals surface area contributed by atoms with Crippen LogP contribution in [-0.2, 0) is 22.4 Å². The minimum atomic E-state index is -1.07. The Morgan fingerprint density at radius 1 is 1.31 bits per heavy atom. The number of methoxy groups -OCH3 is 2. The molecule has 1 aliphatic rings. The molecule has 1 aliphatic heterocycles. The molecule has 8 nitrogen and oxygen atoms in total. The highest BCUT2D eigenvalue weighted by atomic mass is 16.5. The number of aryl methyl sites for hydroxylation is 1. The van der Waals surface area contributed by atoms with Crippen LogP contribution in [0.4, 0.5) is 0 Å². The Morgan fingerprint density at radius 2 is 2.08 bits per heavy atom. The second kappa shape index (κ2) is 7.47. The summed E-state index contributed by atoms with van der Waals surface area (Å²) in [5, 5.41) is 9.56. The first-order valence-electron chi connectivity index (χ1n) is 8.30. The maximum Gasteiger partial charge on any atom is 0.332 e. The van der Waals surface area contributed by atoms with Crippen LogP contribution in [0.15, 0.2) is 24.5 Å². The molecular formula is C18H21N3O5. The van der Waals surface area contributed by atoms with E-state index in [4.69, 9.17) is 9.47 Å². The van der Waals surface area contributed by atoms with E-state index in [1.807, 2.05) is 12.1 Å². The van der Waals surface area contributed by atoms with Gasteiger partial charge in [0.05, 0.1) is 26.2 Å². The Labute approximate surface area is 150 Å². The predicted octanol–water partition coefficient (Wildman–Crippen LogP) is 1.57. The van der Waals surface area contributed by atoms with Gasteiger partial charge in [-0.15, -0.1) is 0 Å². The van der Waals surface area contributed by atoms with Gasteiger partial charge in [-0.3, -0.25) is 4.79 Å². The molecule has 0 unspecified atom stereocenters. The van der Waals surface area contributed by atoms with Crippen molar-refractivity contribution in [3.63, 3.8) is 0 Å². The van der Waals surface area contributed by atoms with E-state index < -0.39 is 12.0 Å². The number of nitrogens with one attached hydrogen (secondary N) is 1. The lowest BCUT2D eigenvalue weighted by Gasteiger charge is -2.32. The lowest BCUT2D eigenvalue weighted by molar-refractivity contribution is -0.151. The van der Waals surface area contributed by atoms with Crippen LogP contribution in [0, 0.1) is 0 Å². The molecule has 1 atom stereocenters. The summed E-state index contributed by atoms with van der Waals surface area (Å²) in [5.41, 5.74) is 2.12. The van der Waals surface area contributed by atoms with Crippen molar-refractivity contribution in [3.05, 3.63) is 41.5 Å². The van der Waals surface area contributed by atoms with Crippen molar-refractivity contribution in [1.82, 2.24) is 14.9 Å². The van der Waals surface area contributed by atoms with Gasteiger partial charge in [0.25, 0.3) is 0 Å². The normalized spacial score (nSPS) is 16.1. The number of fused-ring (bicyclic) bond motifs is 1. The van der Waals surface area contributed by atoms with Crippen molar-refractivity contribution >= 4 is 11.9 Å². The molecular weight excluding hydrogens is 338 g/mol. The third-order valence-electron chi connectivity index (χ3n) is 4.55. The van der Waals surface area contributed by atoms with Crippen molar-refractivity contribution in [2.75, 3.05) is 20.8 Å². The van der Waals surface area contributed by atoms with Crippen molar-refractivity contribution in [3.8, 4) is 11.5 Å². The van der Waals surface area contributed by atoms with Crippen LogP contribution in [0.5, 0.6) is 11.5 Å². The molecule has 0 spiro atoms. The fourth-order valence-electron chi connectivity index (χ4n) is 3.23. The van der Waals surface area contributed by atoms with Crippen LogP contribution in [0.2, 0.25) is 0 Å². The fraction of sp³-hybridized carbons (Fsp3) is 0.389. The van der Waals surface area contributed by atoms with Gasteiger partial charge in [0, 0.05) is 25.1 Å². The quantitative estimate of drug-likeness (QED) is 0.811. The van der Waals surface area contributed by atoms with Crippen molar-refractivity contribution in [2.24, 2.45) is 0 Å². The zero-order chi connectivity index (χ0) is 18.7. The van der Waals surface area contributed by atoms with E-state index in [2.05, 4.69) is 9.97 Å². The van der Waals surface area contributed by atoms with Gasteiger partial charge in [0.15, 0.2) is 17.5 Å². The second-order valence-electron chi connectivity index (χ2n) is 6.03. The molecule has 0 bridgehead atoms. The molecule has 3 rings (SSSR count). The number of nitrogens with zero attached hydrogens (tertiary/aromatic N) is 2. The number of carboxylic acids is 1. The van der Waals surface area contributed by atoms with Gasteiger partial charge in [0.2, 0.25) is 5.91 Å². The maximum atomic E-state index is 12.7. The molecule has 2 aromatic rings. The van der Waals surface area contributed by atoms with Crippen LogP contribution in [-0.4, -0.2) is 52.6 Å². The molecule has 0 saturated carbocycles. The van der Waals surface area contributed by atoms with Crippen LogP contribution < -0.4 is 9.47 Å². The number of aliphatic carboxylic acids is 1. The van der Waals surface area contributed by atoms with Crippen molar-refractivity contribution < 1.29 is 24.2 Å². The number of rotatable bonds is 6. The first-order chi connectivity index (χ1) is 12.5. The van der Waals surface area contributed by atoms with Gasteiger partial charge < -0.3 is 24.5 Å². The molecule has 8 heteroatoms. The minimum Gasteiger partial charge on any atom is -0.493 e. The molecule has 26 heavy (non-hydrogen) atoms. The highest BCUT2D eigenvalue weighted by Gasteiger charge is 2.37. The van der Waals surface area contributed by atoms with Gasteiger partial charge in [0.1, 0.15) is 0 Å². The number of benzene rings is 1. The monoisotopic (exact) mass is 359 g/mol. The first-order valence-corrected chi connectivity index (χ1v) is 8.30. The average Bonchev–Trinajstić information content (AvgIpc) is 3.13. The van der Waals surface area contributed by atoms with E-state index in [0.29, 0.717) is 36.6 Å². The van der Waals surface area contributed by atoms with Crippen LogP contribution in [0.1, 0.15) is 29.4 Å². The largest absolute Gasteiger partial charge is 0.493 e. The highest BCUT2D eigenvalue weighted by molar-refractivity contribution is 5.85. The number of ether oxygens (including phenoxy) is 2. The summed E-state index contributed by atoms with van der Waals surface area (Å²) in [6, 6.07) is 4.44. The number of carboxylic acid groups (broad SMARTS) is 1. The van der Waals surface area contributed by atoms with Crippen LogP contribution in [0.3, 0.4) is 0 Å². The number of amides is 1. The molecule has 1 aromatic carbocycles. The number of carbonyl (C=O) groups is 2. The molecule has 0 fully saturated rings. The zero-order valence-corrected chi connectivity index (χ0v) is 14.7. The number of hydrogen-bond donors (Lipinski definition) is 2. The summed E-state index contributed by atoms with van der Waals surface area (Å²) < 4.78 is 10.5. The lowest BCUT2D eigenvalue weighted by Crippen LogP contribution is -2.43. The first kappa shape index (κ1) is 17.8. The van der Waals surface area contributed by atoms with E-state index in [1.54, 1.807) is 20.3 Å². The Kier molecular flexibility index (Phi) is 5.11. The van der Waals surface area contributed by atoms with Crippen molar-refractivity contribution in [2.45, 2.75) is 25.3 Å². The zero-order valence-electron chi connectivity index (χ0n) is 14.7. The Hall–Kier alpha value is -3.03. The van der Waals surface area contributed by atoms with E-state index in [0.717, 1.165) is 11.3 Å². The van der Waals surface area contributed by atoms with Gasteiger partial charge in [-0.05, 0) is 24.1 Å². The number of imidazole rings is 1. The van der Waals surface area contributed by atoms with E-state index in [9.17, 15) is 14.7 Å². The predicted molar refractivity (Wildman–Crippen MR) is 92.2 cm³/mol. The molecule has 2 heterocycles. The average molecular weight is 359 g/mol. The summed E-state index contributed by atoms with van der Waals surface area (Å²) in [5.74, 6) is -0.0611. The third-order valence-corrected chi connectivity index (χ3v) is 4.55. The van der Waals surface area contributed by atoms with Gasteiger partial charge >= 0.3 is 5.97 Å². The number of H-pyrrole nitrogens is 1. The molecule has 0 saturated heterocycles. The summed E-state index contributed by atoms with van der Waals surface area (Å²) in [4.78, 5) is 32.8. The summed E-state index contributed by atoms with van der Waals surface area (Å²) in [6.45, 7) is 0.358. The number of carbonyl (C=O) groups excluding carboxylic acids is 1. The third kappa shape index (κ3) is 3.35. The molecule has 138 valence electrons. The van der Waals surface area contributed by atoms with Crippen molar-refractivity contribution in [1.29, 1.82) is 0 Å². The lowest BCUT2D eigenvalue weighted by atomic mass is 10.0. The Bertz CT molecular complexity index is 817. The molecule has 0 aliphatic carbocycles. The van der Waals surface area contributed by atoms with Crippen LogP contribution in [0.25, 0.3) is 0 Å². The van der Waals surface area contributed by atoms with E-state index in [1.165, 1.54) is 11.2 Å². The smallest absolute Gasteiger partial charge is 0.332 e. The topological polar surface area (TPSA) is 105 Å². The Morgan fingerprint density at radius 3 is 2.77 bits per heavy atom. The molecule has 2 N–H and O–H groups in total. The molecule has 1 amide bonds. The second-order valence-corrected chi connectivity index (χ2v) is 6.03. The van der Waals surface area contributed by atoms with E-state index in [-0.39, 0.29) is 12.3 Å². The SMILES string of the molecule is COc1ccc(CCC(=O)N2CCc3[nH]cnc3[C@@H]2C(=O)O)cc1OC. The van der Waals surface area contributed by atoms with Gasteiger partial charge in [-0.2, -0.15) is 0 Å². The standard InChI is InChI=1S/C18H21N3O5/c1-25-13-5-3-11(9-14(13)26-2)4-6-15(22)21-8-7-12-16(20-10-19-12)17(21)18(23)24/h3,5,9-10,17H,4,6-8H2,1-2H3,(H,19,20)(H,23,24)/t17-/m1/s1. The number of hydrogen-bond acceptors (Lipinski definition) is 5. The van der Waals surface area contributed by atoms with Crippen LogP contribution >= 0.6 is 0 Å². The summed E-state index contributed by atoms with van der Waals surface area (Å²) in [7, 11) is 3.12. The number of aromatic amines is 1. The summed E-state index contributed by atoms with van der Waals surface area (Å²) in [6.07, 6.45) is 2.73. The minimum absolute atomic E-state index is 0.207. The molecule has 0 radical (unpaired) electrons. The number of aromatic nitrogens is 2. The van der Waals surface area contributed by atoms with Gasteiger partial charge in [-0.25, -0.2) is 9.78 Å². The summed E-state index contributed by atoms with van der Waals surface area (Å²) >= 11 is 0. The molecule has 1 aromatic heterocycles.